The Labute approximate surface area is 121 Å². The van der Waals surface area contributed by atoms with Gasteiger partial charge in [0.1, 0.15) is 22.4 Å². The zero-order valence-corrected chi connectivity index (χ0v) is 12.0. The van der Waals surface area contributed by atoms with Gasteiger partial charge in [-0.2, -0.15) is 0 Å². The lowest BCUT2D eigenvalue weighted by Gasteiger charge is -2.02. The lowest BCUT2D eigenvalue weighted by molar-refractivity contribution is 0.305. The van der Waals surface area contributed by atoms with Gasteiger partial charge in [0.15, 0.2) is 0 Å². The molecule has 0 spiro atoms. The highest BCUT2D eigenvalue weighted by molar-refractivity contribution is 7.81. The Bertz CT molecular complexity index is 591. The third-order valence-corrected chi connectivity index (χ3v) is 4.40. The highest BCUT2D eigenvalue weighted by Crippen LogP contribution is 2.42. The van der Waals surface area contributed by atoms with Gasteiger partial charge in [0.2, 0.25) is 0 Å². The van der Waals surface area contributed by atoms with Crippen LogP contribution in [0.5, 0.6) is 5.75 Å². The maximum Gasteiger partial charge on any atom is 0.140 e. The van der Waals surface area contributed by atoms with Crippen molar-refractivity contribution < 1.29 is 4.74 Å². The van der Waals surface area contributed by atoms with E-state index >= 15 is 0 Å². The van der Waals surface area contributed by atoms with Crippen LogP contribution in [-0.4, -0.2) is 9.97 Å². The Balaban J connectivity index is 1.74. The third-order valence-electron chi connectivity index (χ3n) is 2.99. The van der Waals surface area contributed by atoms with Gasteiger partial charge in [0.25, 0.3) is 0 Å². The van der Waals surface area contributed by atoms with Gasteiger partial charge in [-0.25, -0.2) is 4.98 Å². The molecular weight excluding hydrogens is 276 g/mol. The van der Waals surface area contributed by atoms with E-state index in [2.05, 4.69) is 4.98 Å². The predicted molar refractivity (Wildman–Crippen MR) is 80.8 cm³/mol. The molecule has 1 aliphatic rings. The minimum atomic E-state index is 0.449. The van der Waals surface area contributed by atoms with E-state index < -0.39 is 0 Å². The molecule has 0 aliphatic heterocycles. The molecule has 1 saturated carbocycles. The topological polar surface area (TPSA) is 48.1 Å². The molecule has 1 heterocycles. The first-order valence-corrected chi connectivity index (χ1v) is 7.44. The van der Waals surface area contributed by atoms with Gasteiger partial charge in [-0.3, -0.25) is 0 Å². The fraction of sp³-hybridized carbons (Fsp3) is 0.286. The van der Waals surface area contributed by atoms with Crippen LogP contribution in [0, 0.1) is 0 Å². The second-order valence-electron chi connectivity index (χ2n) is 4.56. The standard InChI is InChI=1S/C14H14N2OS2/c15-14(18)13-12(9-6-7-9)16-11(19-13)8-17-10-4-2-1-3-5-10/h1-5,9H,6-8H2,(H2,15,18). The molecule has 2 aromatic rings. The van der Waals surface area contributed by atoms with Crippen LogP contribution in [0.4, 0.5) is 0 Å². The zero-order valence-electron chi connectivity index (χ0n) is 10.3. The van der Waals surface area contributed by atoms with Crippen molar-refractivity contribution in [3.8, 4) is 5.75 Å². The number of aromatic nitrogens is 1. The van der Waals surface area contributed by atoms with Gasteiger partial charge in [0.05, 0.1) is 10.6 Å². The summed E-state index contributed by atoms with van der Waals surface area (Å²) in [6.45, 7) is 0.469. The Morgan fingerprint density at radius 2 is 2.11 bits per heavy atom. The predicted octanol–water partition coefficient (Wildman–Crippen LogP) is 3.23. The van der Waals surface area contributed by atoms with Crippen molar-refractivity contribution in [3.05, 3.63) is 45.9 Å². The second-order valence-corrected chi connectivity index (χ2v) is 6.09. The summed E-state index contributed by atoms with van der Waals surface area (Å²) in [6.07, 6.45) is 2.39. The van der Waals surface area contributed by atoms with Crippen LogP contribution in [-0.2, 0) is 6.61 Å². The molecule has 2 N–H and O–H groups in total. The summed E-state index contributed by atoms with van der Waals surface area (Å²) in [4.78, 5) is 6.05. The number of nitrogens with zero attached hydrogens (tertiary/aromatic N) is 1. The van der Waals surface area contributed by atoms with Crippen LogP contribution in [0.25, 0.3) is 0 Å². The molecule has 3 nitrogen and oxygen atoms in total. The van der Waals surface area contributed by atoms with Crippen LogP contribution in [0.1, 0.15) is 34.3 Å². The molecule has 3 rings (SSSR count). The molecule has 5 heteroatoms. The van der Waals surface area contributed by atoms with Crippen LogP contribution in [0.3, 0.4) is 0 Å². The van der Waals surface area contributed by atoms with Gasteiger partial charge in [-0.05, 0) is 25.0 Å². The highest BCUT2D eigenvalue weighted by Gasteiger charge is 2.30. The van der Waals surface area contributed by atoms with Gasteiger partial charge >= 0.3 is 0 Å². The van der Waals surface area contributed by atoms with E-state index in [0.717, 1.165) is 21.3 Å². The molecule has 0 unspecified atom stereocenters. The molecule has 1 fully saturated rings. The number of para-hydroxylation sites is 1. The zero-order chi connectivity index (χ0) is 13.2. The summed E-state index contributed by atoms with van der Waals surface area (Å²) in [7, 11) is 0. The Hall–Kier alpha value is -1.46. The average molecular weight is 290 g/mol. The molecular formula is C14H14N2OS2. The quantitative estimate of drug-likeness (QED) is 0.859. The third kappa shape index (κ3) is 2.93. The first-order chi connectivity index (χ1) is 9.24. The highest BCUT2D eigenvalue weighted by atomic mass is 32.1. The number of nitrogens with two attached hydrogens (primary N) is 1. The Morgan fingerprint density at radius 3 is 2.74 bits per heavy atom. The fourth-order valence-electron chi connectivity index (χ4n) is 1.91. The van der Waals surface area contributed by atoms with E-state index in [1.54, 1.807) is 11.3 Å². The number of thiocarbonyl (C=S) groups is 1. The lowest BCUT2D eigenvalue weighted by Crippen LogP contribution is -2.09. The molecule has 0 radical (unpaired) electrons. The smallest absolute Gasteiger partial charge is 0.140 e. The molecule has 0 bridgehead atoms. The van der Waals surface area contributed by atoms with Crippen LogP contribution in [0.2, 0.25) is 0 Å². The van der Waals surface area contributed by atoms with Gasteiger partial charge in [-0.15, -0.1) is 11.3 Å². The van der Waals surface area contributed by atoms with Crippen molar-refractivity contribution >= 4 is 28.5 Å². The van der Waals surface area contributed by atoms with Crippen molar-refractivity contribution in [2.75, 3.05) is 0 Å². The summed E-state index contributed by atoms with van der Waals surface area (Å²) >= 11 is 6.65. The number of ether oxygens (including phenoxy) is 1. The first-order valence-electron chi connectivity index (χ1n) is 6.21. The van der Waals surface area contributed by atoms with Crippen LogP contribution in [0.15, 0.2) is 30.3 Å². The molecule has 0 amide bonds. The van der Waals surface area contributed by atoms with E-state index in [1.165, 1.54) is 12.8 Å². The summed E-state index contributed by atoms with van der Waals surface area (Å²) in [5.74, 6) is 1.40. The van der Waals surface area contributed by atoms with E-state index in [0.29, 0.717) is 17.5 Å². The molecule has 1 aromatic carbocycles. The molecule has 0 atom stereocenters. The summed E-state index contributed by atoms with van der Waals surface area (Å²) in [5, 5.41) is 0.938. The first kappa shape index (κ1) is 12.6. The lowest BCUT2D eigenvalue weighted by atomic mass is 10.2. The fourth-order valence-corrected chi connectivity index (χ4v) is 3.06. The summed E-state index contributed by atoms with van der Waals surface area (Å²) in [5.41, 5.74) is 6.84. The van der Waals surface area contributed by atoms with Crippen molar-refractivity contribution in [2.24, 2.45) is 5.73 Å². The SMILES string of the molecule is NC(=S)c1sc(COc2ccccc2)nc1C1CC1. The van der Waals surface area contributed by atoms with Crippen molar-refractivity contribution in [1.29, 1.82) is 0 Å². The van der Waals surface area contributed by atoms with Crippen LogP contribution >= 0.6 is 23.6 Å². The number of thiazole rings is 1. The number of benzene rings is 1. The molecule has 1 aliphatic carbocycles. The number of hydrogen-bond acceptors (Lipinski definition) is 4. The van der Waals surface area contributed by atoms with Gasteiger partial charge < -0.3 is 10.5 Å². The maximum atomic E-state index is 5.76. The molecule has 98 valence electrons. The minimum absolute atomic E-state index is 0.449. The molecule has 0 saturated heterocycles. The van der Waals surface area contributed by atoms with E-state index in [1.807, 2.05) is 30.3 Å². The van der Waals surface area contributed by atoms with Crippen LogP contribution < -0.4 is 10.5 Å². The maximum absolute atomic E-state index is 5.76. The van der Waals surface area contributed by atoms with Crippen molar-refractivity contribution in [3.63, 3.8) is 0 Å². The van der Waals surface area contributed by atoms with E-state index in [4.69, 9.17) is 22.7 Å². The summed E-state index contributed by atoms with van der Waals surface area (Å²) < 4.78 is 5.70. The Kier molecular flexibility index (Phi) is 3.48. The number of rotatable bonds is 5. The van der Waals surface area contributed by atoms with Gasteiger partial charge in [0, 0.05) is 5.92 Å². The molecule has 19 heavy (non-hydrogen) atoms. The average Bonchev–Trinajstić information content (AvgIpc) is 3.17. The normalized spacial score (nSPS) is 14.3. The monoisotopic (exact) mass is 290 g/mol. The number of hydrogen-bond donors (Lipinski definition) is 1. The summed E-state index contributed by atoms with van der Waals surface area (Å²) in [6, 6.07) is 9.74. The van der Waals surface area contributed by atoms with Crippen molar-refractivity contribution in [2.45, 2.75) is 25.4 Å². The van der Waals surface area contributed by atoms with Gasteiger partial charge in [-0.1, -0.05) is 30.4 Å². The molecule has 1 aromatic heterocycles. The van der Waals surface area contributed by atoms with E-state index in [-0.39, 0.29) is 0 Å². The largest absolute Gasteiger partial charge is 0.486 e. The second kappa shape index (κ2) is 5.27. The Morgan fingerprint density at radius 1 is 1.37 bits per heavy atom. The van der Waals surface area contributed by atoms with E-state index in [9.17, 15) is 0 Å². The minimum Gasteiger partial charge on any atom is -0.486 e. The van der Waals surface area contributed by atoms with Crippen molar-refractivity contribution in [1.82, 2.24) is 4.98 Å².